The molecular formula is C15H18BrNO4. The highest BCUT2D eigenvalue weighted by Crippen LogP contribution is 2.22. The lowest BCUT2D eigenvalue weighted by Gasteiger charge is -2.24. The van der Waals surface area contributed by atoms with Crippen molar-refractivity contribution in [2.45, 2.75) is 25.3 Å². The summed E-state index contributed by atoms with van der Waals surface area (Å²) in [6.07, 6.45) is 1.50. The fourth-order valence-electron chi connectivity index (χ4n) is 2.39. The number of carboxylic acid groups (broad SMARTS) is 1. The SMILES string of the molecule is O=C(O)C[C@H](NC(=O)[C@@H]1CCCOC1)c1cccc(Br)c1. The van der Waals surface area contributed by atoms with Crippen molar-refractivity contribution in [1.82, 2.24) is 5.32 Å². The molecule has 114 valence electrons. The highest BCUT2D eigenvalue weighted by Gasteiger charge is 2.25. The van der Waals surface area contributed by atoms with Gasteiger partial charge in [0.2, 0.25) is 5.91 Å². The number of hydrogen-bond donors (Lipinski definition) is 2. The van der Waals surface area contributed by atoms with Gasteiger partial charge in [-0.3, -0.25) is 9.59 Å². The summed E-state index contributed by atoms with van der Waals surface area (Å²) in [6.45, 7) is 1.10. The van der Waals surface area contributed by atoms with Crippen molar-refractivity contribution in [3.8, 4) is 0 Å². The van der Waals surface area contributed by atoms with E-state index in [0.29, 0.717) is 13.2 Å². The third kappa shape index (κ3) is 4.82. The van der Waals surface area contributed by atoms with Crippen LogP contribution in [0.5, 0.6) is 0 Å². The van der Waals surface area contributed by atoms with Crippen molar-refractivity contribution in [3.63, 3.8) is 0 Å². The third-order valence-electron chi connectivity index (χ3n) is 3.48. The molecule has 2 rings (SSSR count). The number of carbonyl (C=O) groups is 2. The number of hydrogen-bond acceptors (Lipinski definition) is 3. The number of carbonyl (C=O) groups excluding carboxylic acids is 1. The molecule has 0 unspecified atom stereocenters. The van der Waals surface area contributed by atoms with Crippen molar-refractivity contribution < 1.29 is 19.4 Å². The van der Waals surface area contributed by atoms with E-state index in [2.05, 4.69) is 21.2 Å². The van der Waals surface area contributed by atoms with E-state index >= 15 is 0 Å². The monoisotopic (exact) mass is 355 g/mol. The van der Waals surface area contributed by atoms with E-state index in [1.54, 1.807) is 0 Å². The van der Waals surface area contributed by atoms with Gasteiger partial charge in [0.25, 0.3) is 0 Å². The number of nitrogens with one attached hydrogen (secondary N) is 1. The maximum absolute atomic E-state index is 12.3. The Balaban J connectivity index is 2.08. The molecule has 0 aromatic heterocycles. The molecule has 6 heteroatoms. The number of ether oxygens (including phenoxy) is 1. The van der Waals surface area contributed by atoms with Crippen LogP contribution in [0.15, 0.2) is 28.7 Å². The second-order valence-electron chi connectivity index (χ2n) is 5.13. The Bertz CT molecular complexity index is 514. The summed E-state index contributed by atoms with van der Waals surface area (Å²) in [7, 11) is 0. The molecule has 1 fully saturated rings. The summed E-state index contributed by atoms with van der Waals surface area (Å²) in [6, 6.07) is 6.79. The van der Waals surface area contributed by atoms with Crippen molar-refractivity contribution >= 4 is 27.8 Å². The van der Waals surface area contributed by atoms with E-state index in [-0.39, 0.29) is 18.2 Å². The molecule has 21 heavy (non-hydrogen) atoms. The number of amides is 1. The van der Waals surface area contributed by atoms with Crippen molar-refractivity contribution in [2.75, 3.05) is 13.2 Å². The van der Waals surface area contributed by atoms with E-state index in [9.17, 15) is 9.59 Å². The quantitative estimate of drug-likeness (QED) is 0.850. The predicted molar refractivity (Wildman–Crippen MR) is 80.8 cm³/mol. The molecule has 1 aliphatic rings. The fraction of sp³-hybridized carbons (Fsp3) is 0.467. The van der Waals surface area contributed by atoms with Gasteiger partial charge < -0.3 is 15.2 Å². The number of benzene rings is 1. The van der Waals surface area contributed by atoms with Gasteiger partial charge in [-0.1, -0.05) is 28.1 Å². The molecule has 2 atom stereocenters. The molecule has 0 aliphatic carbocycles. The summed E-state index contributed by atoms with van der Waals surface area (Å²) in [5, 5.41) is 11.9. The number of carboxylic acids is 1. The molecule has 1 aromatic rings. The summed E-state index contributed by atoms with van der Waals surface area (Å²) < 4.78 is 6.16. The zero-order valence-corrected chi connectivity index (χ0v) is 13.1. The van der Waals surface area contributed by atoms with Gasteiger partial charge in [0.1, 0.15) is 0 Å². The van der Waals surface area contributed by atoms with E-state index in [1.165, 1.54) is 0 Å². The molecule has 1 amide bonds. The zero-order valence-electron chi connectivity index (χ0n) is 11.5. The zero-order chi connectivity index (χ0) is 15.2. The Hall–Kier alpha value is -1.40. The van der Waals surface area contributed by atoms with Gasteiger partial charge in [-0.2, -0.15) is 0 Å². The highest BCUT2D eigenvalue weighted by atomic mass is 79.9. The number of halogens is 1. The van der Waals surface area contributed by atoms with Gasteiger partial charge in [0, 0.05) is 11.1 Å². The van der Waals surface area contributed by atoms with Crippen LogP contribution in [0, 0.1) is 5.92 Å². The Morgan fingerprint density at radius 2 is 2.29 bits per heavy atom. The second-order valence-corrected chi connectivity index (χ2v) is 6.04. The Morgan fingerprint density at radius 3 is 2.90 bits per heavy atom. The second kappa shape index (κ2) is 7.56. The first-order valence-corrected chi connectivity index (χ1v) is 7.71. The van der Waals surface area contributed by atoms with Crippen LogP contribution in [0.4, 0.5) is 0 Å². The molecule has 0 radical (unpaired) electrons. The molecule has 1 aromatic carbocycles. The Morgan fingerprint density at radius 1 is 1.48 bits per heavy atom. The lowest BCUT2D eigenvalue weighted by atomic mass is 9.98. The fourth-order valence-corrected chi connectivity index (χ4v) is 2.80. The van der Waals surface area contributed by atoms with E-state index in [4.69, 9.17) is 9.84 Å². The smallest absolute Gasteiger partial charge is 0.305 e. The van der Waals surface area contributed by atoms with Crippen molar-refractivity contribution in [3.05, 3.63) is 34.3 Å². The minimum Gasteiger partial charge on any atom is -0.481 e. The van der Waals surface area contributed by atoms with Gasteiger partial charge in [-0.05, 0) is 30.5 Å². The lowest BCUT2D eigenvalue weighted by molar-refractivity contribution is -0.138. The van der Waals surface area contributed by atoms with E-state index in [0.717, 1.165) is 22.9 Å². The summed E-state index contributed by atoms with van der Waals surface area (Å²) in [5.41, 5.74) is 0.775. The molecule has 1 aliphatic heterocycles. The first-order chi connectivity index (χ1) is 10.1. The maximum atomic E-state index is 12.3. The topological polar surface area (TPSA) is 75.6 Å². The minimum absolute atomic E-state index is 0.138. The van der Waals surface area contributed by atoms with Crippen LogP contribution in [-0.2, 0) is 14.3 Å². The summed E-state index contributed by atoms with van der Waals surface area (Å²) in [5.74, 6) is -1.27. The van der Waals surface area contributed by atoms with Gasteiger partial charge in [-0.15, -0.1) is 0 Å². The van der Waals surface area contributed by atoms with Gasteiger partial charge >= 0.3 is 5.97 Å². The third-order valence-corrected chi connectivity index (χ3v) is 3.97. The Kier molecular flexibility index (Phi) is 5.76. The highest BCUT2D eigenvalue weighted by molar-refractivity contribution is 9.10. The van der Waals surface area contributed by atoms with Crippen LogP contribution < -0.4 is 5.32 Å². The van der Waals surface area contributed by atoms with Crippen LogP contribution in [0.1, 0.15) is 30.9 Å². The average Bonchev–Trinajstić information content (AvgIpc) is 2.47. The predicted octanol–water partition coefficient (Wildman–Crippen LogP) is 2.51. The average molecular weight is 356 g/mol. The molecular weight excluding hydrogens is 338 g/mol. The van der Waals surface area contributed by atoms with E-state index in [1.807, 2.05) is 24.3 Å². The van der Waals surface area contributed by atoms with Gasteiger partial charge in [0.15, 0.2) is 0 Å². The van der Waals surface area contributed by atoms with Crippen LogP contribution >= 0.6 is 15.9 Å². The molecule has 2 N–H and O–H groups in total. The molecule has 0 saturated carbocycles. The first kappa shape index (κ1) is 16.0. The normalized spacial score (nSPS) is 19.8. The molecule has 0 spiro atoms. The molecule has 1 saturated heterocycles. The first-order valence-electron chi connectivity index (χ1n) is 6.91. The largest absolute Gasteiger partial charge is 0.481 e. The number of aliphatic carboxylic acids is 1. The number of rotatable bonds is 5. The van der Waals surface area contributed by atoms with Crippen molar-refractivity contribution in [2.24, 2.45) is 5.92 Å². The Labute approximate surface area is 131 Å². The summed E-state index contributed by atoms with van der Waals surface area (Å²) >= 11 is 3.36. The van der Waals surface area contributed by atoms with E-state index < -0.39 is 12.0 Å². The van der Waals surface area contributed by atoms with Crippen molar-refractivity contribution in [1.29, 1.82) is 0 Å². The lowest BCUT2D eigenvalue weighted by Crippen LogP contribution is -2.38. The van der Waals surface area contributed by atoms with Crippen LogP contribution in [-0.4, -0.2) is 30.2 Å². The van der Waals surface area contributed by atoms with Gasteiger partial charge in [-0.25, -0.2) is 0 Å². The standard InChI is InChI=1S/C15H18BrNO4/c16-12-5-1-3-10(7-12)13(8-14(18)19)17-15(20)11-4-2-6-21-9-11/h1,3,5,7,11,13H,2,4,6,8-9H2,(H,17,20)(H,18,19)/t11-,13+/m1/s1. The minimum atomic E-state index is -0.944. The van der Waals surface area contributed by atoms with Crippen LogP contribution in [0.2, 0.25) is 0 Å². The summed E-state index contributed by atoms with van der Waals surface area (Å²) in [4.78, 5) is 23.3. The molecule has 0 bridgehead atoms. The molecule has 1 heterocycles. The maximum Gasteiger partial charge on any atom is 0.305 e. The van der Waals surface area contributed by atoms with Gasteiger partial charge in [0.05, 0.1) is 25.0 Å². The van der Waals surface area contributed by atoms with Crippen LogP contribution in [0.3, 0.4) is 0 Å². The van der Waals surface area contributed by atoms with Crippen LogP contribution in [0.25, 0.3) is 0 Å². The molecule has 5 nitrogen and oxygen atoms in total.